The van der Waals surface area contributed by atoms with Gasteiger partial charge >= 0.3 is 0 Å². The molecule has 0 saturated heterocycles. The lowest BCUT2D eigenvalue weighted by atomic mass is 10.2. The van der Waals surface area contributed by atoms with Crippen molar-refractivity contribution in [1.82, 2.24) is 20.4 Å². The van der Waals surface area contributed by atoms with Crippen molar-refractivity contribution in [3.63, 3.8) is 0 Å². The van der Waals surface area contributed by atoms with Crippen LogP contribution in [0.15, 0.2) is 12.3 Å². The van der Waals surface area contributed by atoms with Gasteiger partial charge in [-0.05, 0) is 37.5 Å². The van der Waals surface area contributed by atoms with E-state index < -0.39 is 0 Å². The van der Waals surface area contributed by atoms with Crippen LogP contribution in [0.25, 0.3) is 0 Å². The lowest BCUT2D eigenvalue weighted by Gasteiger charge is -2.12. The fourth-order valence-corrected chi connectivity index (χ4v) is 1.61. The van der Waals surface area contributed by atoms with E-state index in [0.717, 1.165) is 31.2 Å². The molecule has 0 radical (unpaired) electrons. The molecule has 1 aromatic heterocycles. The number of nitrogens with one attached hydrogen (secondary N) is 2. The molecule has 0 aliphatic heterocycles. The number of aryl methyl sites for hydroxylation is 2. The molecule has 0 unspecified atom stereocenters. The fourth-order valence-electron chi connectivity index (χ4n) is 1.42. The van der Waals surface area contributed by atoms with Crippen molar-refractivity contribution in [2.24, 2.45) is 5.92 Å². The monoisotopic (exact) mass is 254 g/mol. The summed E-state index contributed by atoms with van der Waals surface area (Å²) in [6.07, 6.45) is 2.85. The molecule has 0 spiro atoms. The average molecular weight is 254 g/mol. The summed E-state index contributed by atoms with van der Waals surface area (Å²) in [5.41, 5.74) is 1.20. The maximum Gasteiger partial charge on any atom is 0.166 e. The van der Waals surface area contributed by atoms with E-state index in [-0.39, 0.29) is 0 Å². The predicted octanol–water partition coefficient (Wildman–Crippen LogP) is 1.70. The molecule has 2 N–H and O–H groups in total. The van der Waals surface area contributed by atoms with Crippen LogP contribution in [0.3, 0.4) is 0 Å². The Morgan fingerprint density at radius 1 is 1.47 bits per heavy atom. The number of hydrogen-bond acceptors (Lipinski definition) is 2. The highest BCUT2D eigenvalue weighted by molar-refractivity contribution is 7.80. The SMILES string of the molecule is Cc1ccnn1CCCNC(=S)NCC(C)C. The van der Waals surface area contributed by atoms with E-state index in [1.807, 2.05) is 16.9 Å². The first kappa shape index (κ1) is 14.0. The van der Waals surface area contributed by atoms with E-state index in [0.29, 0.717) is 5.92 Å². The van der Waals surface area contributed by atoms with Crippen LogP contribution in [0.2, 0.25) is 0 Å². The predicted molar refractivity (Wildman–Crippen MR) is 75.0 cm³/mol. The molecule has 5 heteroatoms. The standard InChI is InChI=1S/C12H22N4S/c1-10(2)9-14-12(17)13-6-4-8-16-11(3)5-7-15-16/h5,7,10H,4,6,8-9H2,1-3H3,(H2,13,14,17). The molecule has 0 aliphatic carbocycles. The summed E-state index contributed by atoms with van der Waals surface area (Å²) in [5.74, 6) is 0.612. The molecule has 0 aliphatic rings. The smallest absolute Gasteiger partial charge is 0.166 e. The van der Waals surface area contributed by atoms with Gasteiger partial charge in [-0.2, -0.15) is 5.10 Å². The zero-order chi connectivity index (χ0) is 12.7. The van der Waals surface area contributed by atoms with Crippen molar-refractivity contribution in [1.29, 1.82) is 0 Å². The minimum absolute atomic E-state index is 0.612. The van der Waals surface area contributed by atoms with Crippen LogP contribution in [0.4, 0.5) is 0 Å². The summed E-state index contributed by atoms with van der Waals surface area (Å²) in [6.45, 7) is 9.12. The Labute approximate surface area is 109 Å². The Morgan fingerprint density at radius 3 is 2.82 bits per heavy atom. The first-order chi connectivity index (χ1) is 8.09. The van der Waals surface area contributed by atoms with Crippen molar-refractivity contribution in [3.05, 3.63) is 18.0 Å². The molecule has 4 nitrogen and oxygen atoms in total. The molecule has 96 valence electrons. The van der Waals surface area contributed by atoms with Gasteiger partial charge in [0.25, 0.3) is 0 Å². The molecule has 17 heavy (non-hydrogen) atoms. The fraction of sp³-hybridized carbons (Fsp3) is 0.667. The number of nitrogens with zero attached hydrogens (tertiary/aromatic N) is 2. The largest absolute Gasteiger partial charge is 0.363 e. The Bertz CT molecular complexity index is 346. The second-order valence-corrected chi connectivity index (χ2v) is 4.99. The number of hydrogen-bond donors (Lipinski definition) is 2. The maximum absolute atomic E-state index is 5.17. The molecule has 0 atom stereocenters. The number of thiocarbonyl (C=S) groups is 1. The van der Waals surface area contributed by atoms with Crippen LogP contribution in [0, 0.1) is 12.8 Å². The van der Waals surface area contributed by atoms with Gasteiger partial charge in [0, 0.05) is 31.5 Å². The Balaban J connectivity index is 2.08. The van der Waals surface area contributed by atoms with Crippen LogP contribution in [0.5, 0.6) is 0 Å². The highest BCUT2D eigenvalue weighted by Gasteiger charge is 1.98. The van der Waals surface area contributed by atoms with Crippen LogP contribution in [-0.4, -0.2) is 28.0 Å². The third-order valence-electron chi connectivity index (χ3n) is 2.43. The topological polar surface area (TPSA) is 41.9 Å². The van der Waals surface area contributed by atoms with Crippen molar-refractivity contribution in [2.75, 3.05) is 13.1 Å². The second kappa shape index (κ2) is 7.27. The van der Waals surface area contributed by atoms with Crippen molar-refractivity contribution < 1.29 is 0 Å². The van der Waals surface area contributed by atoms with Gasteiger partial charge in [-0.15, -0.1) is 0 Å². The molecule has 0 fully saturated rings. The highest BCUT2D eigenvalue weighted by atomic mass is 32.1. The third kappa shape index (κ3) is 5.68. The lowest BCUT2D eigenvalue weighted by molar-refractivity contribution is 0.557. The Morgan fingerprint density at radius 2 is 2.24 bits per heavy atom. The van der Waals surface area contributed by atoms with Crippen LogP contribution in [0.1, 0.15) is 26.0 Å². The Kier molecular flexibility index (Phi) is 5.97. The molecular formula is C12H22N4S. The third-order valence-corrected chi connectivity index (χ3v) is 2.72. The van der Waals surface area contributed by atoms with Crippen LogP contribution < -0.4 is 10.6 Å². The molecule has 0 saturated carbocycles. The van der Waals surface area contributed by atoms with Crippen LogP contribution >= 0.6 is 12.2 Å². The van der Waals surface area contributed by atoms with Gasteiger partial charge in [0.05, 0.1) is 0 Å². The molecule has 0 aromatic carbocycles. The number of rotatable bonds is 6. The summed E-state index contributed by atoms with van der Waals surface area (Å²) >= 11 is 5.17. The van der Waals surface area contributed by atoms with E-state index in [9.17, 15) is 0 Å². The summed E-state index contributed by atoms with van der Waals surface area (Å²) in [6, 6.07) is 2.02. The lowest BCUT2D eigenvalue weighted by Crippen LogP contribution is -2.37. The van der Waals surface area contributed by atoms with Gasteiger partial charge in [0.15, 0.2) is 5.11 Å². The minimum atomic E-state index is 0.612. The van der Waals surface area contributed by atoms with E-state index >= 15 is 0 Å². The van der Waals surface area contributed by atoms with Gasteiger partial charge in [0.1, 0.15) is 0 Å². The summed E-state index contributed by atoms with van der Waals surface area (Å²) < 4.78 is 2.01. The molecule has 1 aromatic rings. The van der Waals surface area contributed by atoms with Gasteiger partial charge in [-0.25, -0.2) is 0 Å². The number of aromatic nitrogens is 2. The normalized spacial score (nSPS) is 10.6. The first-order valence-corrected chi connectivity index (χ1v) is 6.50. The molecule has 1 heterocycles. The highest BCUT2D eigenvalue weighted by Crippen LogP contribution is 1.96. The van der Waals surface area contributed by atoms with Crippen molar-refractivity contribution in [2.45, 2.75) is 33.7 Å². The second-order valence-electron chi connectivity index (χ2n) is 4.58. The maximum atomic E-state index is 5.17. The first-order valence-electron chi connectivity index (χ1n) is 6.09. The average Bonchev–Trinajstić information content (AvgIpc) is 2.68. The molecule has 0 bridgehead atoms. The van der Waals surface area contributed by atoms with Gasteiger partial charge in [-0.3, -0.25) is 4.68 Å². The van der Waals surface area contributed by atoms with E-state index in [4.69, 9.17) is 12.2 Å². The Hall–Kier alpha value is -1.10. The molecule has 0 amide bonds. The van der Waals surface area contributed by atoms with E-state index in [1.165, 1.54) is 5.69 Å². The summed E-state index contributed by atoms with van der Waals surface area (Å²) in [4.78, 5) is 0. The van der Waals surface area contributed by atoms with Gasteiger partial charge in [-0.1, -0.05) is 13.8 Å². The summed E-state index contributed by atoms with van der Waals surface area (Å²) in [7, 11) is 0. The molecular weight excluding hydrogens is 232 g/mol. The van der Waals surface area contributed by atoms with Crippen molar-refractivity contribution >= 4 is 17.3 Å². The van der Waals surface area contributed by atoms with Gasteiger partial charge in [0.2, 0.25) is 0 Å². The quantitative estimate of drug-likeness (QED) is 0.599. The zero-order valence-corrected chi connectivity index (χ0v) is 11.7. The van der Waals surface area contributed by atoms with Crippen molar-refractivity contribution in [3.8, 4) is 0 Å². The van der Waals surface area contributed by atoms with E-state index in [2.05, 4.69) is 36.5 Å². The zero-order valence-electron chi connectivity index (χ0n) is 10.9. The van der Waals surface area contributed by atoms with Crippen LogP contribution in [-0.2, 0) is 6.54 Å². The minimum Gasteiger partial charge on any atom is -0.363 e. The summed E-state index contributed by atoms with van der Waals surface area (Å²) in [5, 5.41) is 11.4. The molecule has 1 rings (SSSR count). The van der Waals surface area contributed by atoms with E-state index in [1.54, 1.807) is 0 Å². The van der Waals surface area contributed by atoms with Gasteiger partial charge < -0.3 is 10.6 Å².